The van der Waals surface area contributed by atoms with Gasteiger partial charge in [0, 0.05) is 11.5 Å². The Bertz CT molecular complexity index is 768. The Labute approximate surface area is 127 Å². The highest BCUT2D eigenvalue weighted by atomic mass is 16.6. The maximum Gasteiger partial charge on any atom is 0.313 e. The van der Waals surface area contributed by atoms with Crippen molar-refractivity contribution in [2.24, 2.45) is 0 Å². The number of aromatic nitrogens is 3. The van der Waals surface area contributed by atoms with E-state index in [-0.39, 0.29) is 17.1 Å². The molecule has 8 nitrogen and oxygen atoms in total. The third kappa shape index (κ3) is 2.61. The molecule has 0 amide bonds. The number of nitro benzene ring substituents is 1. The molecule has 2 aromatic rings. The van der Waals surface area contributed by atoms with E-state index in [0.717, 1.165) is 0 Å². The molecule has 1 aromatic heterocycles. The molecule has 0 bridgehead atoms. The van der Waals surface area contributed by atoms with Gasteiger partial charge in [0.2, 0.25) is 0 Å². The van der Waals surface area contributed by atoms with Gasteiger partial charge in [0.05, 0.1) is 23.4 Å². The van der Waals surface area contributed by atoms with Gasteiger partial charge in [-0.1, -0.05) is 26.0 Å². The molecule has 1 heterocycles. The molecule has 0 fully saturated rings. The van der Waals surface area contributed by atoms with Crippen LogP contribution in [0.1, 0.15) is 32.2 Å². The Morgan fingerprint density at radius 3 is 2.59 bits per heavy atom. The molecule has 0 N–H and O–H groups in total. The van der Waals surface area contributed by atoms with Gasteiger partial charge in [0.25, 0.3) is 0 Å². The van der Waals surface area contributed by atoms with E-state index in [1.165, 1.54) is 23.9 Å². The largest absolute Gasteiger partial charge is 0.490 e. The van der Waals surface area contributed by atoms with E-state index >= 15 is 0 Å². The zero-order chi connectivity index (χ0) is 16.5. The highest BCUT2D eigenvalue weighted by Gasteiger charge is 2.27. The molecule has 0 aliphatic heterocycles. The summed E-state index contributed by atoms with van der Waals surface area (Å²) < 4.78 is 6.43. The number of benzene rings is 1. The Balaban J connectivity index is 2.69. The second-order valence-electron chi connectivity index (χ2n) is 5.67. The van der Waals surface area contributed by atoms with Crippen LogP contribution in [0.5, 0.6) is 5.75 Å². The number of hydrogen-bond donors (Lipinski definition) is 0. The van der Waals surface area contributed by atoms with Crippen LogP contribution in [0.3, 0.4) is 0 Å². The van der Waals surface area contributed by atoms with Gasteiger partial charge in [-0.25, -0.2) is 4.68 Å². The van der Waals surface area contributed by atoms with Gasteiger partial charge >= 0.3 is 5.69 Å². The molecule has 22 heavy (non-hydrogen) atoms. The Kier molecular flexibility index (Phi) is 3.82. The van der Waals surface area contributed by atoms with Gasteiger partial charge in [-0.3, -0.25) is 10.1 Å². The summed E-state index contributed by atoms with van der Waals surface area (Å²) in [5.41, 5.74) is 0.671. The Hall–Kier alpha value is -2.95. The van der Waals surface area contributed by atoms with Gasteiger partial charge in [-0.2, -0.15) is 5.26 Å². The topological polar surface area (TPSA) is 107 Å². The summed E-state index contributed by atoms with van der Waals surface area (Å²) in [6.45, 7) is 5.75. The molecule has 0 unspecified atom stereocenters. The lowest BCUT2D eigenvalue weighted by atomic mass is 9.90. The molecular weight excluding hydrogens is 286 g/mol. The highest BCUT2D eigenvalue weighted by Crippen LogP contribution is 2.32. The molecule has 114 valence electrons. The summed E-state index contributed by atoms with van der Waals surface area (Å²) in [5, 5.41) is 28.1. The molecule has 0 aliphatic carbocycles. The summed E-state index contributed by atoms with van der Waals surface area (Å²) in [6, 6.07) is 6.48. The summed E-state index contributed by atoms with van der Waals surface area (Å²) in [5.74, 6) is 0.159. The number of nitriles is 1. The SMILES string of the molecule is COc1ccc(-n2nnc(C#N)c2C(C)(C)C)cc1[N+](=O)[O-]. The molecule has 0 saturated heterocycles. The van der Waals surface area contributed by atoms with Gasteiger partial charge in [-0.05, 0) is 12.1 Å². The second kappa shape index (κ2) is 5.44. The van der Waals surface area contributed by atoms with Gasteiger partial charge in [0.15, 0.2) is 11.4 Å². The van der Waals surface area contributed by atoms with E-state index in [1.54, 1.807) is 6.07 Å². The Morgan fingerprint density at radius 2 is 2.09 bits per heavy atom. The van der Waals surface area contributed by atoms with Crippen LogP contribution in [-0.4, -0.2) is 27.0 Å². The number of hydrogen-bond acceptors (Lipinski definition) is 6. The van der Waals surface area contributed by atoms with E-state index in [1.807, 2.05) is 26.8 Å². The third-order valence-corrected chi connectivity index (χ3v) is 3.09. The van der Waals surface area contributed by atoms with E-state index in [9.17, 15) is 15.4 Å². The molecule has 0 saturated carbocycles. The first kappa shape index (κ1) is 15.4. The minimum absolute atomic E-state index is 0.159. The molecular formula is C14H15N5O3. The Morgan fingerprint density at radius 1 is 1.41 bits per heavy atom. The van der Waals surface area contributed by atoms with E-state index in [0.29, 0.717) is 11.4 Å². The van der Waals surface area contributed by atoms with Crippen molar-refractivity contribution in [3.63, 3.8) is 0 Å². The smallest absolute Gasteiger partial charge is 0.313 e. The normalized spacial score (nSPS) is 11.0. The number of methoxy groups -OCH3 is 1. The molecule has 1 aromatic carbocycles. The minimum Gasteiger partial charge on any atom is -0.490 e. The van der Waals surface area contributed by atoms with Crippen molar-refractivity contribution in [3.05, 3.63) is 39.7 Å². The van der Waals surface area contributed by atoms with Crippen LogP contribution >= 0.6 is 0 Å². The lowest BCUT2D eigenvalue weighted by Crippen LogP contribution is -2.19. The average Bonchev–Trinajstić information content (AvgIpc) is 2.90. The van der Waals surface area contributed by atoms with Crippen molar-refractivity contribution in [1.29, 1.82) is 5.26 Å². The zero-order valence-corrected chi connectivity index (χ0v) is 12.7. The van der Waals surface area contributed by atoms with Crippen LogP contribution in [0, 0.1) is 21.4 Å². The third-order valence-electron chi connectivity index (χ3n) is 3.09. The molecule has 2 rings (SSSR count). The molecule has 0 atom stereocenters. The maximum absolute atomic E-state index is 11.1. The number of nitrogens with zero attached hydrogens (tertiary/aromatic N) is 5. The summed E-state index contributed by atoms with van der Waals surface area (Å²) in [6.07, 6.45) is 0. The number of ether oxygens (including phenoxy) is 1. The van der Waals surface area contributed by atoms with Crippen molar-refractivity contribution in [2.75, 3.05) is 7.11 Å². The highest BCUT2D eigenvalue weighted by molar-refractivity contribution is 5.54. The lowest BCUT2D eigenvalue weighted by molar-refractivity contribution is -0.385. The monoisotopic (exact) mass is 301 g/mol. The first-order chi connectivity index (χ1) is 10.3. The summed E-state index contributed by atoms with van der Waals surface area (Å²) >= 11 is 0. The second-order valence-corrected chi connectivity index (χ2v) is 5.67. The number of nitro groups is 1. The fourth-order valence-corrected chi connectivity index (χ4v) is 2.16. The van der Waals surface area contributed by atoms with Crippen LogP contribution in [-0.2, 0) is 5.41 Å². The van der Waals surface area contributed by atoms with E-state index in [2.05, 4.69) is 10.3 Å². The summed E-state index contributed by atoms with van der Waals surface area (Å²) in [7, 11) is 1.37. The van der Waals surface area contributed by atoms with Crippen molar-refractivity contribution in [3.8, 4) is 17.5 Å². The van der Waals surface area contributed by atoms with Crippen LogP contribution in [0.15, 0.2) is 18.2 Å². The van der Waals surface area contributed by atoms with Crippen LogP contribution in [0.2, 0.25) is 0 Å². The fraction of sp³-hybridized carbons (Fsp3) is 0.357. The number of rotatable bonds is 3. The predicted molar refractivity (Wildman–Crippen MR) is 78.0 cm³/mol. The molecule has 0 radical (unpaired) electrons. The van der Waals surface area contributed by atoms with Crippen LogP contribution in [0.25, 0.3) is 5.69 Å². The first-order valence-electron chi connectivity index (χ1n) is 6.48. The standard InChI is InChI=1S/C14H15N5O3/c1-14(2,3)13-10(8-15)16-17-18(13)9-5-6-12(22-4)11(7-9)19(20)21/h5-7H,1-4H3. The quantitative estimate of drug-likeness (QED) is 0.636. The average molecular weight is 301 g/mol. The van der Waals surface area contributed by atoms with E-state index < -0.39 is 10.3 Å². The first-order valence-corrected chi connectivity index (χ1v) is 6.48. The van der Waals surface area contributed by atoms with Crippen molar-refractivity contribution >= 4 is 5.69 Å². The lowest BCUT2D eigenvalue weighted by Gasteiger charge is -2.19. The molecule has 8 heteroatoms. The predicted octanol–water partition coefficient (Wildman–Crippen LogP) is 2.35. The van der Waals surface area contributed by atoms with E-state index in [4.69, 9.17) is 4.74 Å². The van der Waals surface area contributed by atoms with Gasteiger partial charge in [-0.15, -0.1) is 5.10 Å². The van der Waals surface area contributed by atoms with Gasteiger partial charge in [0.1, 0.15) is 6.07 Å². The van der Waals surface area contributed by atoms with Crippen LogP contribution in [0.4, 0.5) is 5.69 Å². The zero-order valence-electron chi connectivity index (χ0n) is 12.7. The van der Waals surface area contributed by atoms with Crippen molar-refractivity contribution in [2.45, 2.75) is 26.2 Å². The fourth-order valence-electron chi connectivity index (χ4n) is 2.16. The molecule has 0 aliphatic rings. The minimum atomic E-state index is -0.527. The maximum atomic E-state index is 11.1. The van der Waals surface area contributed by atoms with Gasteiger partial charge < -0.3 is 4.74 Å². The van der Waals surface area contributed by atoms with Crippen LogP contribution < -0.4 is 4.74 Å². The van der Waals surface area contributed by atoms with Crippen molar-refractivity contribution in [1.82, 2.24) is 15.0 Å². The summed E-state index contributed by atoms with van der Waals surface area (Å²) in [4.78, 5) is 10.6. The van der Waals surface area contributed by atoms with Crippen molar-refractivity contribution < 1.29 is 9.66 Å². The molecule has 0 spiro atoms.